The van der Waals surface area contributed by atoms with E-state index in [0.29, 0.717) is 32.8 Å². The fourth-order valence-electron chi connectivity index (χ4n) is 4.28. The lowest BCUT2D eigenvalue weighted by atomic mass is 9.95. The molecule has 0 radical (unpaired) electrons. The van der Waals surface area contributed by atoms with Gasteiger partial charge in [0.15, 0.2) is 0 Å². The molecule has 1 saturated heterocycles. The van der Waals surface area contributed by atoms with Gasteiger partial charge >= 0.3 is 0 Å². The van der Waals surface area contributed by atoms with Gasteiger partial charge in [-0.15, -0.1) is 0 Å². The standard InChI is InChI=1S/C25H31N3O3/c1-4-31-21-8-6-20(7-9-21)24-16-23(22-10-5-18(2)15-19(22)3)26-28(24)25(29)17-27-11-13-30-14-12-27/h5-10,15,24H,4,11-14,16-17H2,1-3H3/t24-/m0/s1. The lowest BCUT2D eigenvalue weighted by Crippen LogP contribution is -2.43. The molecule has 1 atom stereocenters. The summed E-state index contributed by atoms with van der Waals surface area (Å²) >= 11 is 0. The predicted molar refractivity (Wildman–Crippen MR) is 122 cm³/mol. The van der Waals surface area contributed by atoms with Crippen molar-refractivity contribution in [2.75, 3.05) is 39.5 Å². The van der Waals surface area contributed by atoms with E-state index in [0.717, 1.165) is 35.7 Å². The normalized spacial score (nSPS) is 19.4. The molecule has 6 heteroatoms. The van der Waals surface area contributed by atoms with Gasteiger partial charge < -0.3 is 9.47 Å². The first-order chi connectivity index (χ1) is 15.0. The Morgan fingerprint density at radius 2 is 1.87 bits per heavy atom. The van der Waals surface area contributed by atoms with Crippen LogP contribution in [0.4, 0.5) is 0 Å². The van der Waals surface area contributed by atoms with Crippen molar-refractivity contribution in [1.82, 2.24) is 9.91 Å². The third-order valence-electron chi connectivity index (χ3n) is 5.90. The lowest BCUT2D eigenvalue weighted by molar-refractivity contribution is -0.135. The Kier molecular flexibility index (Phi) is 6.68. The zero-order valence-corrected chi connectivity index (χ0v) is 18.6. The Hall–Kier alpha value is -2.70. The average molecular weight is 422 g/mol. The number of hydrogen-bond donors (Lipinski definition) is 0. The van der Waals surface area contributed by atoms with Crippen molar-refractivity contribution in [3.05, 3.63) is 64.7 Å². The zero-order chi connectivity index (χ0) is 21.8. The minimum absolute atomic E-state index is 0.0283. The van der Waals surface area contributed by atoms with Gasteiger partial charge in [0.05, 0.1) is 38.1 Å². The number of hydrazone groups is 1. The number of carbonyl (C=O) groups is 1. The molecular weight excluding hydrogens is 390 g/mol. The summed E-state index contributed by atoms with van der Waals surface area (Å²) < 4.78 is 11.0. The molecule has 2 heterocycles. The first-order valence-corrected chi connectivity index (χ1v) is 11.0. The highest BCUT2D eigenvalue weighted by Gasteiger charge is 2.34. The second-order valence-corrected chi connectivity index (χ2v) is 8.21. The molecule has 0 spiro atoms. The molecule has 2 aliphatic rings. The van der Waals surface area contributed by atoms with Gasteiger partial charge in [0, 0.05) is 25.1 Å². The first kappa shape index (κ1) is 21.5. The van der Waals surface area contributed by atoms with E-state index in [2.05, 4.69) is 36.9 Å². The van der Waals surface area contributed by atoms with Gasteiger partial charge in [0.25, 0.3) is 5.91 Å². The van der Waals surface area contributed by atoms with Crippen molar-refractivity contribution in [2.45, 2.75) is 33.2 Å². The first-order valence-electron chi connectivity index (χ1n) is 11.0. The molecule has 6 nitrogen and oxygen atoms in total. The van der Waals surface area contributed by atoms with Gasteiger partial charge in [0.1, 0.15) is 5.75 Å². The molecule has 2 aromatic rings. The van der Waals surface area contributed by atoms with Crippen LogP contribution in [0, 0.1) is 13.8 Å². The minimum Gasteiger partial charge on any atom is -0.494 e. The number of ether oxygens (including phenoxy) is 2. The van der Waals surface area contributed by atoms with E-state index >= 15 is 0 Å². The van der Waals surface area contributed by atoms with E-state index in [4.69, 9.17) is 14.6 Å². The van der Waals surface area contributed by atoms with Crippen LogP contribution >= 0.6 is 0 Å². The van der Waals surface area contributed by atoms with Crippen molar-refractivity contribution in [3.8, 4) is 5.75 Å². The molecule has 0 unspecified atom stereocenters. The highest BCUT2D eigenvalue weighted by molar-refractivity contribution is 6.04. The average Bonchev–Trinajstić information content (AvgIpc) is 3.20. The summed E-state index contributed by atoms with van der Waals surface area (Å²) in [5.74, 6) is 0.867. The largest absolute Gasteiger partial charge is 0.494 e. The maximum Gasteiger partial charge on any atom is 0.257 e. The van der Waals surface area contributed by atoms with Crippen LogP contribution in [0.25, 0.3) is 0 Å². The Bertz CT molecular complexity index is 949. The second-order valence-electron chi connectivity index (χ2n) is 8.21. The van der Waals surface area contributed by atoms with Gasteiger partial charge in [-0.25, -0.2) is 5.01 Å². The summed E-state index contributed by atoms with van der Waals surface area (Å²) in [6.07, 6.45) is 0.701. The Morgan fingerprint density at radius 1 is 1.13 bits per heavy atom. The number of benzene rings is 2. The Morgan fingerprint density at radius 3 is 2.55 bits per heavy atom. The number of hydrogen-bond acceptors (Lipinski definition) is 5. The molecule has 0 N–H and O–H groups in total. The third kappa shape index (κ3) is 4.97. The van der Waals surface area contributed by atoms with Gasteiger partial charge in [-0.1, -0.05) is 35.9 Å². The summed E-state index contributed by atoms with van der Waals surface area (Å²) in [4.78, 5) is 15.4. The van der Waals surface area contributed by atoms with Crippen molar-refractivity contribution >= 4 is 11.6 Å². The van der Waals surface area contributed by atoms with Gasteiger partial charge in [-0.3, -0.25) is 9.69 Å². The van der Waals surface area contributed by atoms with Crippen LogP contribution in [0.3, 0.4) is 0 Å². The van der Waals surface area contributed by atoms with Crippen LogP contribution in [-0.4, -0.2) is 61.0 Å². The monoisotopic (exact) mass is 421 g/mol. The van der Waals surface area contributed by atoms with Crippen LogP contribution in [0.15, 0.2) is 47.6 Å². The van der Waals surface area contributed by atoms with Crippen molar-refractivity contribution < 1.29 is 14.3 Å². The number of morpholine rings is 1. The maximum absolute atomic E-state index is 13.3. The molecule has 1 fully saturated rings. The molecule has 0 aliphatic carbocycles. The smallest absolute Gasteiger partial charge is 0.257 e. The number of amides is 1. The van der Waals surface area contributed by atoms with Crippen molar-refractivity contribution in [2.24, 2.45) is 5.10 Å². The molecule has 2 aromatic carbocycles. The number of rotatable bonds is 6. The van der Waals surface area contributed by atoms with E-state index in [1.807, 2.05) is 31.2 Å². The zero-order valence-electron chi connectivity index (χ0n) is 18.6. The molecule has 31 heavy (non-hydrogen) atoms. The second kappa shape index (κ2) is 9.62. The predicted octanol–water partition coefficient (Wildman–Crippen LogP) is 3.71. The third-order valence-corrected chi connectivity index (χ3v) is 5.90. The fourth-order valence-corrected chi connectivity index (χ4v) is 4.28. The summed E-state index contributed by atoms with van der Waals surface area (Å²) in [6.45, 7) is 10.1. The van der Waals surface area contributed by atoms with E-state index in [9.17, 15) is 4.79 Å². The van der Waals surface area contributed by atoms with Crippen molar-refractivity contribution in [1.29, 1.82) is 0 Å². The van der Waals surface area contributed by atoms with E-state index in [1.165, 1.54) is 11.1 Å². The molecule has 1 amide bonds. The van der Waals surface area contributed by atoms with Crippen LogP contribution in [0.2, 0.25) is 0 Å². The Labute approximate surface area is 184 Å². The number of carbonyl (C=O) groups excluding carboxylic acids is 1. The lowest BCUT2D eigenvalue weighted by Gasteiger charge is -2.29. The molecule has 164 valence electrons. The summed E-state index contributed by atoms with van der Waals surface area (Å²) in [5.41, 5.74) is 5.56. The highest BCUT2D eigenvalue weighted by atomic mass is 16.5. The molecular formula is C25H31N3O3. The number of nitrogens with zero attached hydrogens (tertiary/aromatic N) is 3. The molecule has 2 aliphatic heterocycles. The van der Waals surface area contributed by atoms with Crippen molar-refractivity contribution in [3.63, 3.8) is 0 Å². The van der Waals surface area contributed by atoms with Crippen LogP contribution < -0.4 is 4.74 Å². The SMILES string of the molecule is CCOc1ccc([C@@H]2CC(c3ccc(C)cc3C)=NN2C(=O)CN2CCOCC2)cc1. The van der Waals surface area contributed by atoms with E-state index in [1.54, 1.807) is 5.01 Å². The molecule has 0 aromatic heterocycles. The Balaban J connectivity index is 1.61. The molecule has 0 bridgehead atoms. The van der Waals surface area contributed by atoms with Crippen LogP contribution in [0.5, 0.6) is 5.75 Å². The number of aryl methyl sites for hydroxylation is 2. The van der Waals surface area contributed by atoms with Crippen LogP contribution in [-0.2, 0) is 9.53 Å². The minimum atomic E-state index is -0.111. The van der Waals surface area contributed by atoms with Crippen LogP contribution in [0.1, 0.15) is 41.6 Å². The summed E-state index contributed by atoms with van der Waals surface area (Å²) in [5, 5.41) is 6.54. The van der Waals surface area contributed by atoms with E-state index in [-0.39, 0.29) is 11.9 Å². The molecule has 4 rings (SSSR count). The quantitative estimate of drug-likeness (QED) is 0.714. The summed E-state index contributed by atoms with van der Waals surface area (Å²) in [7, 11) is 0. The summed E-state index contributed by atoms with van der Waals surface area (Å²) in [6, 6.07) is 14.3. The van der Waals surface area contributed by atoms with E-state index < -0.39 is 0 Å². The van der Waals surface area contributed by atoms with Gasteiger partial charge in [-0.05, 0) is 44.0 Å². The highest BCUT2D eigenvalue weighted by Crippen LogP contribution is 2.34. The van der Waals surface area contributed by atoms with Gasteiger partial charge in [0.2, 0.25) is 0 Å². The topological polar surface area (TPSA) is 54.4 Å². The molecule has 0 saturated carbocycles. The van der Waals surface area contributed by atoms with Gasteiger partial charge in [-0.2, -0.15) is 5.10 Å². The fraction of sp³-hybridized carbons (Fsp3) is 0.440. The maximum atomic E-state index is 13.3.